The molecule has 2 atom stereocenters. The third kappa shape index (κ3) is 3.42. The third-order valence-corrected chi connectivity index (χ3v) is 7.90. The fraction of sp³-hybridized carbons (Fsp3) is 0.444. The predicted molar refractivity (Wildman–Crippen MR) is 127 cm³/mol. The topological polar surface area (TPSA) is 28.5 Å². The summed E-state index contributed by atoms with van der Waals surface area (Å²) in [5.41, 5.74) is 3.31. The third-order valence-electron chi connectivity index (χ3n) is 7.90. The Morgan fingerprint density at radius 2 is 1.68 bits per heavy atom. The minimum absolute atomic E-state index is 0.190. The Morgan fingerprint density at radius 1 is 0.871 bits per heavy atom. The zero-order valence-corrected chi connectivity index (χ0v) is 18.3. The molecule has 4 heterocycles. The molecule has 3 aliphatic heterocycles. The van der Waals surface area contributed by atoms with Crippen molar-refractivity contribution in [2.45, 2.75) is 37.8 Å². The number of pyridine rings is 1. The van der Waals surface area contributed by atoms with Gasteiger partial charge in [0.1, 0.15) is 0 Å². The van der Waals surface area contributed by atoms with Gasteiger partial charge in [0.25, 0.3) is 5.56 Å². The molecule has 0 amide bonds. The summed E-state index contributed by atoms with van der Waals surface area (Å²) in [5.74, 6) is 1.08. The molecule has 0 saturated carbocycles. The number of rotatable bonds is 2. The molecule has 2 saturated heterocycles. The highest BCUT2D eigenvalue weighted by Gasteiger charge is 2.37. The first-order valence-electron chi connectivity index (χ1n) is 11.8. The Balaban J connectivity index is 1.31. The van der Waals surface area contributed by atoms with E-state index >= 15 is 0 Å². The second-order valence-corrected chi connectivity index (χ2v) is 9.94. The van der Waals surface area contributed by atoms with Crippen molar-refractivity contribution in [1.29, 1.82) is 0 Å². The van der Waals surface area contributed by atoms with Gasteiger partial charge in [0, 0.05) is 42.9 Å². The van der Waals surface area contributed by atoms with Gasteiger partial charge in [-0.1, -0.05) is 36.4 Å². The molecule has 6 rings (SSSR count). The van der Waals surface area contributed by atoms with Crippen molar-refractivity contribution >= 4 is 10.8 Å². The molecule has 0 N–H and O–H groups in total. The Labute approximate surface area is 184 Å². The molecule has 1 aromatic heterocycles. The van der Waals surface area contributed by atoms with Crippen LogP contribution in [0.1, 0.15) is 30.9 Å². The van der Waals surface area contributed by atoms with Crippen LogP contribution in [0.2, 0.25) is 0 Å². The van der Waals surface area contributed by atoms with Crippen molar-refractivity contribution in [3.63, 3.8) is 0 Å². The molecule has 4 nitrogen and oxygen atoms in total. The maximum absolute atomic E-state index is 13.5. The van der Waals surface area contributed by atoms with Crippen LogP contribution in [0.25, 0.3) is 21.9 Å². The Kier molecular flexibility index (Phi) is 4.73. The summed E-state index contributed by atoms with van der Waals surface area (Å²) in [4.78, 5) is 18.7. The normalized spacial score (nSPS) is 24.9. The van der Waals surface area contributed by atoms with Gasteiger partial charge in [-0.2, -0.15) is 0 Å². The molecule has 4 heteroatoms. The highest BCUT2D eigenvalue weighted by Crippen LogP contribution is 2.37. The van der Waals surface area contributed by atoms with E-state index in [1.807, 2.05) is 0 Å². The second kappa shape index (κ2) is 7.61. The van der Waals surface area contributed by atoms with Crippen LogP contribution in [0.15, 0.2) is 59.4 Å². The lowest BCUT2D eigenvalue weighted by Gasteiger charge is -2.47. The fourth-order valence-corrected chi connectivity index (χ4v) is 6.22. The molecule has 2 aromatic carbocycles. The van der Waals surface area contributed by atoms with E-state index in [1.165, 1.54) is 48.8 Å². The van der Waals surface area contributed by atoms with Crippen molar-refractivity contribution in [2.24, 2.45) is 5.92 Å². The Morgan fingerprint density at radius 3 is 2.52 bits per heavy atom. The number of likely N-dealkylation sites (tertiary alicyclic amines) is 2. The van der Waals surface area contributed by atoms with Gasteiger partial charge in [-0.05, 0) is 79.9 Å². The van der Waals surface area contributed by atoms with E-state index in [1.54, 1.807) is 0 Å². The summed E-state index contributed by atoms with van der Waals surface area (Å²) in [6.45, 7) is 5.55. The fourth-order valence-electron chi connectivity index (χ4n) is 6.22. The van der Waals surface area contributed by atoms with Crippen LogP contribution in [-0.2, 0) is 6.54 Å². The molecular weight excluding hydrogens is 382 g/mol. The van der Waals surface area contributed by atoms with Crippen molar-refractivity contribution < 1.29 is 0 Å². The summed E-state index contributed by atoms with van der Waals surface area (Å²) in [5, 5.41) is 2.40. The van der Waals surface area contributed by atoms with E-state index in [9.17, 15) is 4.79 Å². The van der Waals surface area contributed by atoms with Crippen molar-refractivity contribution in [2.75, 3.05) is 33.2 Å². The maximum atomic E-state index is 13.5. The first-order valence-corrected chi connectivity index (χ1v) is 11.8. The summed E-state index contributed by atoms with van der Waals surface area (Å²) in [7, 11) is 2.23. The van der Waals surface area contributed by atoms with Gasteiger partial charge in [-0.25, -0.2) is 0 Å². The molecule has 2 unspecified atom stereocenters. The smallest absolute Gasteiger partial charge is 0.258 e. The van der Waals surface area contributed by atoms with Gasteiger partial charge in [0.05, 0.1) is 0 Å². The van der Waals surface area contributed by atoms with Crippen LogP contribution < -0.4 is 5.56 Å². The van der Waals surface area contributed by atoms with E-state index in [-0.39, 0.29) is 5.56 Å². The van der Waals surface area contributed by atoms with E-state index in [0.29, 0.717) is 11.8 Å². The zero-order chi connectivity index (χ0) is 20.9. The van der Waals surface area contributed by atoms with Crippen molar-refractivity contribution in [3.05, 3.63) is 70.6 Å². The Bertz CT molecular complexity index is 1170. The minimum atomic E-state index is 0.190. The molecular formula is C27H31N3O. The van der Waals surface area contributed by atoms with Gasteiger partial charge in [-0.15, -0.1) is 0 Å². The SMILES string of the molecule is CN1CCC(N2CC3CC(C2)c2ccc(-c4ccc5ccccc5c4)c(=O)n2C3)CC1. The van der Waals surface area contributed by atoms with Crippen LogP contribution >= 0.6 is 0 Å². The van der Waals surface area contributed by atoms with Crippen LogP contribution in [0.5, 0.6) is 0 Å². The highest BCUT2D eigenvalue weighted by atomic mass is 16.1. The summed E-state index contributed by atoms with van der Waals surface area (Å²) >= 11 is 0. The number of fused-ring (bicyclic) bond motifs is 5. The van der Waals surface area contributed by atoms with Crippen molar-refractivity contribution in [1.82, 2.24) is 14.4 Å². The molecule has 3 aliphatic rings. The Hall–Kier alpha value is -2.43. The number of piperidine rings is 2. The lowest BCUT2D eigenvalue weighted by Crippen LogP contribution is -2.53. The molecule has 0 spiro atoms. The number of nitrogens with zero attached hydrogens (tertiary/aromatic N) is 3. The van der Waals surface area contributed by atoms with Crippen molar-refractivity contribution in [3.8, 4) is 11.1 Å². The highest BCUT2D eigenvalue weighted by molar-refractivity contribution is 5.87. The summed E-state index contributed by atoms with van der Waals surface area (Å²) in [6.07, 6.45) is 3.80. The van der Waals surface area contributed by atoms with Gasteiger partial charge < -0.3 is 9.47 Å². The quantitative estimate of drug-likeness (QED) is 0.631. The van der Waals surface area contributed by atoms with E-state index in [4.69, 9.17) is 0 Å². The number of hydrogen-bond donors (Lipinski definition) is 0. The van der Waals surface area contributed by atoms with Crippen LogP contribution in [-0.4, -0.2) is 53.6 Å². The van der Waals surface area contributed by atoms with Gasteiger partial charge in [0.2, 0.25) is 0 Å². The van der Waals surface area contributed by atoms with E-state index < -0.39 is 0 Å². The average molecular weight is 414 g/mol. The number of hydrogen-bond acceptors (Lipinski definition) is 3. The standard InChI is InChI=1S/C27H31N3O/c1-28-12-10-24(11-13-28)29-16-19-14-23(18-29)26-9-8-25(27(31)30(26)17-19)22-7-6-20-4-2-3-5-21(20)15-22/h2-9,15,19,23-24H,10-14,16-18H2,1H3. The molecule has 0 radical (unpaired) electrons. The molecule has 2 fully saturated rings. The van der Waals surface area contributed by atoms with Gasteiger partial charge in [0.15, 0.2) is 0 Å². The monoisotopic (exact) mass is 413 g/mol. The molecule has 3 aromatic rings. The molecule has 2 bridgehead atoms. The van der Waals surface area contributed by atoms with Gasteiger partial charge >= 0.3 is 0 Å². The lowest BCUT2D eigenvalue weighted by molar-refractivity contribution is 0.0517. The van der Waals surface area contributed by atoms with Gasteiger partial charge in [-0.3, -0.25) is 9.69 Å². The first kappa shape index (κ1) is 19.3. The average Bonchev–Trinajstić information content (AvgIpc) is 2.80. The predicted octanol–water partition coefficient (Wildman–Crippen LogP) is 4.18. The van der Waals surface area contributed by atoms with Crippen LogP contribution in [0.4, 0.5) is 0 Å². The largest absolute Gasteiger partial charge is 0.311 e. The molecule has 160 valence electrons. The molecule has 0 aliphatic carbocycles. The summed E-state index contributed by atoms with van der Waals surface area (Å²) in [6, 6.07) is 19.8. The second-order valence-electron chi connectivity index (χ2n) is 9.94. The van der Waals surface area contributed by atoms with Crippen LogP contribution in [0.3, 0.4) is 0 Å². The zero-order valence-electron chi connectivity index (χ0n) is 18.3. The van der Waals surface area contributed by atoms with E-state index in [0.717, 1.165) is 36.8 Å². The minimum Gasteiger partial charge on any atom is -0.311 e. The van der Waals surface area contributed by atoms with E-state index in [2.05, 4.69) is 76.0 Å². The number of aromatic nitrogens is 1. The summed E-state index contributed by atoms with van der Waals surface area (Å²) < 4.78 is 2.11. The lowest BCUT2D eigenvalue weighted by atomic mass is 9.81. The van der Waals surface area contributed by atoms with Crippen LogP contribution in [0, 0.1) is 5.92 Å². The maximum Gasteiger partial charge on any atom is 0.258 e. The first-order chi connectivity index (χ1) is 15.2. The molecule has 31 heavy (non-hydrogen) atoms. The number of benzene rings is 2.